The highest BCUT2D eigenvalue weighted by molar-refractivity contribution is 7.52. The molecular weight excluding hydrogens is 271 g/mol. The summed E-state index contributed by atoms with van der Waals surface area (Å²) in [6, 6.07) is 0. The van der Waals surface area contributed by atoms with Gasteiger partial charge in [-0.3, -0.25) is 4.57 Å². The molecular formula is C16H35O3P. The van der Waals surface area contributed by atoms with Crippen molar-refractivity contribution in [3.63, 3.8) is 0 Å². The van der Waals surface area contributed by atoms with Gasteiger partial charge in [0.25, 0.3) is 0 Å². The second kappa shape index (κ2) is 12.9. The van der Waals surface area contributed by atoms with Gasteiger partial charge < -0.3 is 9.42 Å². The van der Waals surface area contributed by atoms with Gasteiger partial charge in [0.15, 0.2) is 0 Å². The Balaban J connectivity index is 3.32. The third-order valence-electron chi connectivity index (χ3n) is 3.40. The Morgan fingerprint density at radius 1 is 0.900 bits per heavy atom. The quantitative estimate of drug-likeness (QED) is 0.327. The van der Waals surface area contributed by atoms with Gasteiger partial charge in [-0.2, -0.15) is 0 Å². The number of unbranched alkanes of at least 4 members (excludes halogenated alkanes) is 9. The summed E-state index contributed by atoms with van der Waals surface area (Å²) in [5, 5.41) is 0. The zero-order chi connectivity index (χ0) is 15.3. The Bertz CT molecular complexity index is 254. The van der Waals surface area contributed by atoms with Gasteiger partial charge in [-0.15, -0.1) is 0 Å². The van der Waals surface area contributed by atoms with E-state index in [-0.39, 0.29) is 0 Å². The number of hydrogen-bond acceptors (Lipinski definition) is 2. The molecule has 0 bridgehead atoms. The van der Waals surface area contributed by atoms with Gasteiger partial charge in [-0.25, -0.2) is 0 Å². The van der Waals surface area contributed by atoms with Crippen molar-refractivity contribution >= 4 is 7.60 Å². The molecule has 0 aliphatic rings. The van der Waals surface area contributed by atoms with Crippen LogP contribution in [0.4, 0.5) is 0 Å². The van der Waals surface area contributed by atoms with Crippen LogP contribution in [0.2, 0.25) is 0 Å². The van der Waals surface area contributed by atoms with E-state index in [4.69, 9.17) is 4.52 Å². The standard InChI is InChI=1S/C16H35O3P/c1-4-5-6-7-8-9-10-11-12-13-14-20(17,18)19-15-16(2)3/h16H,4-15H2,1-3H3,(H,17,18). The second-order valence-corrected chi connectivity index (χ2v) is 8.21. The van der Waals surface area contributed by atoms with Gasteiger partial charge in [-0.05, 0) is 12.3 Å². The maximum Gasteiger partial charge on any atom is 0.328 e. The van der Waals surface area contributed by atoms with Gasteiger partial charge in [-0.1, -0.05) is 78.6 Å². The molecule has 1 atom stereocenters. The fraction of sp³-hybridized carbons (Fsp3) is 1.00. The van der Waals surface area contributed by atoms with Gasteiger partial charge in [0.2, 0.25) is 0 Å². The van der Waals surface area contributed by atoms with Crippen molar-refractivity contribution in [2.75, 3.05) is 12.8 Å². The van der Waals surface area contributed by atoms with E-state index in [1.807, 2.05) is 13.8 Å². The van der Waals surface area contributed by atoms with Crippen molar-refractivity contribution in [3.05, 3.63) is 0 Å². The third kappa shape index (κ3) is 14.6. The highest BCUT2D eigenvalue weighted by Gasteiger charge is 2.18. The summed E-state index contributed by atoms with van der Waals surface area (Å²) >= 11 is 0. The van der Waals surface area contributed by atoms with Gasteiger partial charge >= 0.3 is 7.60 Å². The molecule has 122 valence electrons. The van der Waals surface area contributed by atoms with E-state index in [9.17, 15) is 9.46 Å². The summed E-state index contributed by atoms with van der Waals surface area (Å²) in [6.45, 7) is 6.59. The molecule has 0 saturated carbocycles. The smallest absolute Gasteiger partial charge is 0.324 e. The highest BCUT2D eigenvalue weighted by Crippen LogP contribution is 2.43. The van der Waals surface area contributed by atoms with Crippen LogP contribution in [0.5, 0.6) is 0 Å². The Hall–Kier alpha value is 0.150. The van der Waals surface area contributed by atoms with Crippen molar-refractivity contribution < 1.29 is 14.0 Å². The maximum atomic E-state index is 11.7. The van der Waals surface area contributed by atoms with Crippen LogP contribution < -0.4 is 0 Å². The predicted octanol–water partition coefficient (Wildman–Crippen LogP) is 5.77. The van der Waals surface area contributed by atoms with E-state index in [1.54, 1.807) is 0 Å². The average molecular weight is 306 g/mol. The molecule has 0 radical (unpaired) electrons. The first-order valence-electron chi connectivity index (χ1n) is 8.44. The number of rotatable bonds is 14. The third-order valence-corrected chi connectivity index (χ3v) is 4.84. The van der Waals surface area contributed by atoms with Crippen molar-refractivity contribution in [2.45, 2.75) is 85.0 Å². The van der Waals surface area contributed by atoms with E-state index in [1.165, 1.54) is 51.4 Å². The first kappa shape index (κ1) is 20.1. The first-order chi connectivity index (χ1) is 9.48. The molecule has 0 heterocycles. The van der Waals surface area contributed by atoms with Crippen LogP contribution in [0.15, 0.2) is 0 Å². The molecule has 0 aliphatic carbocycles. The fourth-order valence-electron chi connectivity index (χ4n) is 2.13. The summed E-state index contributed by atoms with van der Waals surface area (Å²) in [5.41, 5.74) is 0. The van der Waals surface area contributed by atoms with Gasteiger partial charge in [0.1, 0.15) is 0 Å². The molecule has 4 heteroatoms. The van der Waals surface area contributed by atoms with Gasteiger partial charge in [0.05, 0.1) is 6.61 Å². The largest absolute Gasteiger partial charge is 0.328 e. The molecule has 3 nitrogen and oxygen atoms in total. The molecule has 0 aliphatic heterocycles. The fourth-order valence-corrected chi connectivity index (χ4v) is 3.41. The van der Waals surface area contributed by atoms with Crippen LogP contribution in [-0.2, 0) is 9.09 Å². The summed E-state index contributed by atoms with van der Waals surface area (Å²) in [4.78, 5) is 9.62. The molecule has 0 aromatic heterocycles. The lowest BCUT2D eigenvalue weighted by atomic mass is 10.1. The predicted molar refractivity (Wildman–Crippen MR) is 87.3 cm³/mol. The SMILES string of the molecule is CCCCCCCCCCCCP(=O)(O)OCC(C)C. The normalized spacial score (nSPS) is 14.7. The Morgan fingerprint density at radius 3 is 1.80 bits per heavy atom. The lowest BCUT2D eigenvalue weighted by molar-refractivity contribution is 0.229. The molecule has 20 heavy (non-hydrogen) atoms. The molecule has 1 unspecified atom stereocenters. The van der Waals surface area contributed by atoms with Crippen LogP contribution >= 0.6 is 7.60 Å². The van der Waals surface area contributed by atoms with E-state index in [0.29, 0.717) is 18.7 Å². The van der Waals surface area contributed by atoms with Crippen LogP contribution in [0.3, 0.4) is 0 Å². The van der Waals surface area contributed by atoms with Crippen LogP contribution in [-0.4, -0.2) is 17.7 Å². The minimum absolute atomic E-state index is 0.309. The summed E-state index contributed by atoms with van der Waals surface area (Å²) in [7, 11) is -3.32. The Morgan fingerprint density at radius 2 is 1.35 bits per heavy atom. The molecule has 0 fully saturated rings. The monoisotopic (exact) mass is 306 g/mol. The lowest BCUT2D eigenvalue weighted by Gasteiger charge is -2.13. The zero-order valence-corrected chi connectivity index (χ0v) is 14.7. The van der Waals surface area contributed by atoms with Crippen LogP contribution in [0, 0.1) is 5.92 Å². The minimum atomic E-state index is -3.32. The molecule has 0 aromatic carbocycles. The van der Waals surface area contributed by atoms with Crippen LogP contribution in [0.1, 0.15) is 85.0 Å². The minimum Gasteiger partial charge on any atom is -0.324 e. The number of hydrogen-bond donors (Lipinski definition) is 1. The second-order valence-electron chi connectivity index (χ2n) is 6.23. The van der Waals surface area contributed by atoms with E-state index in [0.717, 1.165) is 12.8 Å². The lowest BCUT2D eigenvalue weighted by Crippen LogP contribution is -2.02. The van der Waals surface area contributed by atoms with Crippen LogP contribution in [0.25, 0.3) is 0 Å². The molecule has 0 rings (SSSR count). The molecule has 0 aromatic rings. The first-order valence-corrected chi connectivity index (χ1v) is 10.2. The Labute approximate surface area is 126 Å². The van der Waals surface area contributed by atoms with E-state index >= 15 is 0 Å². The highest BCUT2D eigenvalue weighted by atomic mass is 31.2. The molecule has 0 saturated heterocycles. The summed E-state index contributed by atoms with van der Waals surface area (Å²) < 4.78 is 16.8. The van der Waals surface area contributed by atoms with Crippen molar-refractivity contribution in [1.82, 2.24) is 0 Å². The summed E-state index contributed by atoms with van der Waals surface area (Å²) in [5.74, 6) is 0.309. The molecule has 1 N–H and O–H groups in total. The molecule has 0 spiro atoms. The zero-order valence-electron chi connectivity index (χ0n) is 13.8. The molecule has 0 amide bonds. The van der Waals surface area contributed by atoms with Crippen molar-refractivity contribution in [2.24, 2.45) is 5.92 Å². The van der Waals surface area contributed by atoms with E-state index in [2.05, 4.69) is 6.92 Å². The van der Waals surface area contributed by atoms with Crippen molar-refractivity contribution in [1.29, 1.82) is 0 Å². The maximum absolute atomic E-state index is 11.7. The average Bonchev–Trinajstić information content (AvgIpc) is 2.39. The van der Waals surface area contributed by atoms with Gasteiger partial charge in [0, 0.05) is 6.16 Å². The van der Waals surface area contributed by atoms with Crippen molar-refractivity contribution in [3.8, 4) is 0 Å². The van der Waals surface area contributed by atoms with E-state index < -0.39 is 7.60 Å². The summed E-state index contributed by atoms with van der Waals surface area (Å²) in [6.07, 6.45) is 12.7. The topological polar surface area (TPSA) is 46.5 Å². The Kier molecular flexibility index (Phi) is 13.0.